The first-order valence-electron chi connectivity index (χ1n) is 4.63. The van der Waals surface area contributed by atoms with Crippen LogP contribution in [0.1, 0.15) is 18.5 Å². The van der Waals surface area contributed by atoms with Crippen LogP contribution in [-0.2, 0) is 0 Å². The van der Waals surface area contributed by atoms with Gasteiger partial charge in [0.1, 0.15) is 5.15 Å². The minimum Gasteiger partial charge on any atom is -0.298 e. The summed E-state index contributed by atoms with van der Waals surface area (Å²) < 4.78 is 1.15. The van der Waals surface area contributed by atoms with E-state index in [0.29, 0.717) is 0 Å². The van der Waals surface area contributed by atoms with Gasteiger partial charge in [0, 0.05) is 6.07 Å². The van der Waals surface area contributed by atoms with Crippen LogP contribution in [0.4, 0.5) is 0 Å². The number of thiophene rings is 1. The maximum atomic E-state index is 11.7. The van der Waals surface area contributed by atoms with Crippen molar-refractivity contribution in [3.63, 3.8) is 0 Å². The van der Waals surface area contributed by atoms with Crippen LogP contribution < -0.4 is 11.2 Å². The van der Waals surface area contributed by atoms with Crippen LogP contribution in [0.2, 0.25) is 5.15 Å². The first-order chi connectivity index (χ1) is 7.59. The summed E-state index contributed by atoms with van der Waals surface area (Å²) in [6.45, 7) is 1.80. The van der Waals surface area contributed by atoms with Gasteiger partial charge in [-0.05, 0) is 29.3 Å². The molecule has 0 saturated heterocycles. The maximum Gasteiger partial charge on any atom is 0.330 e. The zero-order valence-electron chi connectivity index (χ0n) is 8.44. The molecule has 2 rings (SSSR count). The second-order valence-electron chi connectivity index (χ2n) is 3.36. The third kappa shape index (κ3) is 1.96. The molecule has 6 heteroatoms. The molecule has 0 aliphatic carbocycles. The number of hydrogen-bond donors (Lipinski definition) is 1. The lowest BCUT2D eigenvalue weighted by Crippen LogP contribution is -2.36. The predicted molar refractivity (Wildman–Crippen MR) is 64.5 cm³/mol. The Bertz CT molecular complexity index is 569. The van der Waals surface area contributed by atoms with Gasteiger partial charge in [-0.3, -0.25) is 14.3 Å². The van der Waals surface area contributed by atoms with Crippen molar-refractivity contribution in [1.82, 2.24) is 9.55 Å². The molecule has 2 aromatic rings. The number of hydrogen-bond acceptors (Lipinski definition) is 3. The molecular weight excluding hydrogens is 248 g/mol. The van der Waals surface area contributed by atoms with E-state index in [9.17, 15) is 9.59 Å². The number of aromatic amines is 1. The molecule has 2 heterocycles. The number of H-pyrrole nitrogens is 1. The molecule has 0 aromatic carbocycles. The zero-order chi connectivity index (χ0) is 11.7. The van der Waals surface area contributed by atoms with Crippen molar-refractivity contribution in [2.24, 2.45) is 0 Å². The van der Waals surface area contributed by atoms with Crippen LogP contribution in [0.15, 0.2) is 32.5 Å². The number of nitrogens with zero attached hydrogens (tertiary/aromatic N) is 1. The van der Waals surface area contributed by atoms with Crippen molar-refractivity contribution in [2.45, 2.75) is 13.0 Å². The van der Waals surface area contributed by atoms with Crippen LogP contribution >= 0.6 is 22.9 Å². The standard InChI is InChI=1S/C10H9ClN2O2S/c1-6(7-2-3-16-5-7)13-9(14)4-8(11)12-10(13)15/h2-6H,1H3,(H,12,15). The Morgan fingerprint density at radius 3 is 2.81 bits per heavy atom. The lowest BCUT2D eigenvalue weighted by Gasteiger charge is -2.11. The Labute approximate surface area is 100 Å². The van der Waals surface area contributed by atoms with Gasteiger partial charge in [-0.15, -0.1) is 0 Å². The largest absolute Gasteiger partial charge is 0.330 e. The summed E-state index contributed by atoms with van der Waals surface area (Å²) in [5.74, 6) is 0. The van der Waals surface area contributed by atoms with Gasteiger partial charge in [0.25, 0.3) is 5.56 Å². The number of nitrogens with one attached hydrogen (secondary N) is 1. The van der Waals surface area contributed by atoms with Crippen LogP contribution in [-0.4, -0.2) is 9.55 Å². The second-order valence-corrected chi connectivity index (χ2v) is 4.55. The van der Waals surface area contributed by atoms with Gasteiger partial charge >= 0.3 is 5.69 Å². The van der Waals surface area contributed by atoms with E-state index in [1.807, 2.05) is 16.8 Å². The van der Waals surface area contributed by atoms with E-state index in [1.165, 1.54) is 17.4 Å². The summed E-state index contributed by atoms with van der Waals surface area (Å²) in [6.07, 6.45) is 0. The van der Waals surface area contributed by atoms with E-state index in [4.69, 9.17) is 11.6 Å². The Kier molecular flexibility index (Phi) is 2.98. The fraction of sp³-hybridized carbons (Fsp3) is 0.200. The van der Waals surface area contributed by atoms with Gasteiger partial charge in [0.2, 0.25) is 0 Å². The molecule has 1 unspecified atom stereocenters. The molecule has 2 aromatic heterocycles. The molecule has 1 atom stereocenters. The third-order valence-corrected chi connectivity index (χ3v) is 3.25. The van der Waals surface area contributed by atoms with Crippen LogP contribution in [0.5, 0.6) is 0 Å². The fourth-order valence-corrected chi connectivity index (χ4v) is 2.43. The number of halogens is 1. The van der Waals surface area contributed by atoms with E-state index in [-0.39, 0.29) is 11.2 Å². The van der Waals surface area contributed by atoms with Gasteiger partial charge in [-0.1, -0.05) is 11.6 Å². The third-order valence-electron chi connectivity index (χ3n) is 2.35. The molecule has 0 fully saturated rings. The smallest absolute Gasteiger partial charge is 0.298 e. The predicted octanol–water partition coefficient (Wildman–Crippen LogP) is 1.86. The average molecular weight is 257 g/mol. The van der Waals surface area contributed by atoms with Crippen molar-refractivity contribution >= 4 is 22.9 Å². The average Bonchev–Trinajstić information content (AvgIpc) is 2.67. The summed E-state index contributed by atoms with van der Waals surface area (Å²) >= 11 is 7.11. The van der Waals surface area contributed by atoms with Crippen molar-refractivity contribution in [2.75, 3.05) is 0 Å². The van der Waals surface area contributed by atoms with E-state index in [1.54, 1.807) is 6.92 Å². The van der Waals surface area contributed by atoms with Crippen molar-refractivity contribution < 1.29 is 0 Å². The Balaban J connectivity index is 2.58. The molecule has 0 radical (unpaired) electrons. The van der Waals surface area contributed by atoms with Gasteiger partial charge in [-0.2, -0.15) is 11.3 Å². The molecule has 84 valence electrons. The monoisotopic (exact) mass is 256 g/mol. The summed E-state index contributed by atoms with van der Waals surface area (Å²) in [4.78, 5) is 25.7. The highest BCUT2D eigenvalue weighted by Crippen LogP contribution is 2.17. The molecular formula is C10H9ClN2O2S. The normalized spacial score (nSPS) is 12.6. The summed E-state index contributed by atoms with van der Waals surface area (Å²) in [5.41, 5.74) is 0.0450. The molecule has 0 aliphatic heterocycles. The van der Waals surface area contributed by atoms with Gasteiger partial charge in [0.15, 0.2) is 0 Å². The molecule has 0 bridgehead atoms. The maximum absolute atomic E-state index is 11.7. The highest BCUT2D eigenvalue weighted by molar-refractivity contribution is 7.07. The van der Waals surface area contributed by atoms with Crippen LogP contribution in [0.25, 0.3) is 0 Å². The van der Waals surface area contributed by atoms with Gasteiger partial charge in [0.05, 0.1) is 6.04 Å². The quantitative estimate of drug-likeness (QED) is 0.834. The summed E-state index contributed by atoms with van der Waals surface area (Å²) in [6, 6.07) is 2.79. The van der Waals surface area contributed by atoms with Crippen molar-refractivity contribution in [3.05, 3.63) is 54.4 Å². The van der Waals surface area contributed by atoms with Crippen LogP contribution in [0, 0.1) is 0 Å². The molecule has 1 N–H and O–H groups in total. The molecule has 0 aliphatic rings. The van der Waals surface area contributed by atoms with Gasteiger partial charge < -0.3 is 0 Å². The number of rotatable bonds is 2. The zero-order valence-corrected chi connectivity index (χ0v) is 10.0. The Hall–Kier alpha value is -1.33. The number of aromatic nitrogens is 2. The first-order valence-corrected chi connectivity index (χ1v) is 5.95. The van der Waals surface area contributed by atoms with E-state index >= 15 is 0 Å². The van der Waals surface area contributed by atoms with E-state index in [0.717, 1.165) is 10.1 Å². The first kappa shape index (κ1) is 11.2. The topological polar surface area (TPSA) is 54.9 Å². The Morgan fingerprint density at radius 1 is 1.50 bits per heavy atom. The van der Waals surface area contributed by atoms with Crippen molar-refractivity contribution in [1.29, 1.82) is 0 Å². The minimum absolute atomic E-state index is 0.0590. The summed E-state index contributed by atoms with van der Waals surface area (Å²) in [7, 11) is 0. The summed E-state index contributed by atoms with van der Waals surface area (Å²) in [5, 5.41) is 3.87. The van der Waals surface area contributed by atoms with Gasteiger partial charge in [-0.25, -0.2) is 4.79 Å². The fourth-order valence-electron chi connectivity index (χ4n) is 1.51. The molecule has 4 nitrogen and oxygen atoms in total. The molecule has 0 amide bonds. The van der Waals surface area contributed by atoms with Crippen molar-refractivity contribution in [3.8, 4) is 0 Å². The molecule has 16 heavy (non-hydrogen) atoms. The second kappa shape index (κ2) is 4.27. The Morgan fingerprint density at radius 2 is 2.25 bits per heavy atom. The lowest BCUT2D eigenvalue weighted by atomic mass is 10.2. The van der Waals surface area contributed by atoms with E-state index in [2.05, 4.69) is 4.98 Å². The van der Waals surface area contributed by atoms with E-state index < -0.39 is 11.2 Å². The van der Waals surface area contributed by atoms with Crippen LogP contribution in [0.3, 0.4) is 0 Å². The highest BCUT2D eigenvalue weighted by atomic mass is 35.5. The lowest BCUT2D eigenvalue weighted by molar-refractivity contribution is 0.579. The SMILES string of the molecule is CC(c1ccsc1)n1c(=O)cc(Cl)[nH]c1=O. The highest BCUT2D eigenvalue weighted by Gasteiger charge is 2.13. The minimum atomic E-state index is -0.490. The molecule has 0 saturated carbocycles. The molecule has 0 spiro atoms.